The average molecular weight is 388 g/mol. The predicted octanol–water partition coefficient (Wildman–Crippen LogP) is -0.860. The van der Waals surface area contributed by atoms with E-state index in [1.165, 1.54) is 0 Å². The number of rotatable bonds is 3. The monoisotopic (exact) mass is 388 g/mol. The first-order valence-electron chi connectivity index (χ1n) is 9.50. The van der Waals surface area contributed by atoms with Gasteiger partial charge in [-0.2, -0.15) is 0 Å². The van der Waals surface area contributed by atoms with E-state index in [1.807, 2.05) is 0 Å². The summed E-state index contributed by atoms with van der Waals surface area (Å²) in [6.45, 7) is 5.62. The van der Waals surface area contributed by atoms with Crippen LogP contribution in [0.1, 0.15) is 12.8 Å². The highest BCUT2D eigenvalue weighted by Crippen LogP contribution is 2.34. The van der Waals surface area contributed by atoms with E-state index in [-0.39, 0.29) is 24.2 Å². The van der Waals surface area contributed by atoms with Crippen molar-refractivity contribution in [2.75, 3.05) is 71.5 Å². The minimum Gasteiger partial charge on any atom is -0.381 e. The van der Waals surface area contributed by atoms with E-state index >= 15 is 0 Å². The Balaban J connectivity index is 1.31. The number of amides is 1. The molecule has 148 valence electrons. The van der Waals surface area contributed by atoms with E-state index in [0.29, 0.717) is 46.1 Å². The number of sulfone groups is 1. The molecule has 0 aromatic heterocycles. The Morgan fingerprint density at radius 3 is 2.35 bits per heavy atom. The third-order valence-corrected chi connectivity index (χ3v) is 8.18. The molecule has 1 atom stereocenters. The lowest BCUT2D eigenvalue weighted by molar-refractivity contribution is -0.171. The SMILES string of the molecule is O=C(C1CCOCC1)N1CC2(C1)CS(=O)(=O)[C@@H](CN1CCOCC1)CO2. The third-order valence-electron chi connectivity index (χ3n) is 5.95. The van der Waals surface area contributed by atoms with Crippen molar-refractivity contribution in [2.24, 2.45) is 5.92 Å². The highest BCUT2D eigenvalue weighted by Gasteiger charge is 2.54. The lowest BCUT2D eigenvalue weighted by Crippen LogP contribution is -2.71. The van der Waals surface area contributed by atoms with Gasteiger partial charge in [0.1, 0.15) is 5.60 Å². The van der Waals surface area contributed by atoms with E-state index in [1.54, 1.807) is 4.90 Å². The molecule has 0 aliphatic carbocycles. The maximum Gasteiger partial charge on any atom is 0.226 e. The van der Waals surface area contributed by atoms with Crippen molar-refractivity contribution in [3.05, 3.63) is 0 Å². The molecule has 26 heavy (non-hydrogen) atoms. The lowest BCUT2D eigenvalue weighted by atomic mass is 9.91. The Bertz CT molecular complexity index is 621. The van der Waals surface area contributed by atoms with Crippen molar-refractivity contribution in [2.45, 2.75) is 23.7 Å². The van der Waals surface area contributed by atoms with Gasteiger partial charge in [-0.15, -0.1) is 0 Å². The number of carbonyl (C=O) groups excluding carboxylic acids is 1. The fraction of sp³-hybridized carbons (Fsp3) is 0.941. The summed E-state index contributed by atoms with van der Waals surface area (Å²) in [4.78, 5) is 16.4. The van der Waals surface area contributed by atoms with Gasteiger partial charge < -0.3 is 19.1 Å². The number of carbonyl (C=O) groups is 1. The summed E-state index contributed by atoms with van der Waals surface area (Å²) in [5.74, 6) is 0.151. The molecule has 4 heterocycles. The number of hydrogen-bond acceptors (Lipinski definition) is 7. The summed E-state index contributed by atoms with van der Waals surface area (Å²) in [7, 11) is -3.23. The highest BCUT2D eigenvalue weighted by molar-refractivity contribution is 7.92. The van der Waals surface area contributed by atoms with Crippen LogP contribution in [0.2, 0.25) is 0 Å². The molecule has 1 spiro atoms. The quantitative estimate of drug-likeness (QED) is 0.622. The van der Waals surface area contributed by atoms with Crippen molar-refractivity contribution in [1.82, 2.24) is 9.80 Å². The molecule has 4 rings (SSSR count). The first-order valence-corrected chi connectivity index (χ1v) is 11.2. The molecule has 4 saturated heterocycles. The number of nitrogens with zero attached hydrogens (tertiary/aromatic N) is 2. The fourth-order valence-electron chi connectivity index (χ4n) is 4.33. The number of morpholine rings is 1. The van der Waals surface area contributed by atoms with Crippen LogP contribution in [0.15, 0.2) is 0 Å². The van der Waals surface area contributed by atoms with Gasteiger partial charge >= 0.3 is 0 Å². The van der Waals surface area contributed by atoms with Crippen LogP contribution >= 0.6 is 0 Å². The van der Waals surface area contributed by atoms with E-state index in [9.17, 15) is 13.2 Å². The van der Waals surface area contributed by atoms with Gasteiger partial charge in [-0.25, -0.2) is 8.42 Å². The first-order chi connectivity index (χ1) is 12.5. The summed E-state index contributed by atoms with van der Waals surface area (Å²) in [5.41, 5.74) is -0.693. The maximum absolute atomic E-state index is 12.8. The predicted molar refractivity (Wildman–Crippen MR) is 93.6 cm³/mol. The van der Waals surface area contributed by atoms with E-state index in [4.69, 9.17) is 14.2 Å². The average Bonchev–Trinajstić information content (AvgIpc) is 2.62. The van der Waals surface area contributed by atoms with Crippen LogP contribution in [-0.2, 0) is 28.8 Å². The van der Waals surface area contributed by atoms with Crippen molar-refractivity contribution in [3.8, 4) is 0 Å². The number of likely N-dealkylation sites (tertiary alicyclic amines) is 1. The van der Waals surface area contributed by atoms with Crippen LogP contribution in [0.4, 0.5) is 0 Å². The minimum atomic E-state index is -3.23. The van der Waals surface area contributed by atoms with Crippen molar-refractivity contribution in [1.29, 1.82) is 0 Å². The lowest BCUT2D eigenvalue weighted by Gasteiger charge is -2.53. The Kier molecular flexibility index (Phi) is 5.26. The van der Waals surface area contributed by atoms with Crippen LogP contribution in [0, 0.1) is 5.92 Å². The van der Waals surface area contributed by atoms with Crippen LogP contribution in [0.5, 0.6) is 0 Å². The normalized spacial score (nSPS) is 32.3. The molecule has 0 aromatic carbocycles. The van der Waals surface area contributed by atoms with Gasteiger partial charge in [-0.1, -0.05) is 0 Å². The molecule has 0 bridgehead atoms. The summed E-state index contributed by atoms with van der Waals surface area (Å²) >= 11 is 0. The molecule has 1 amide bonds. The van der Waals surface area contributed by atoms with Crippen LogP contribution in [0.3, 0.4) is 0 Å². The molecule has 0 N–H and O–H groups in total. The molecular weight excluding hydrogens is 360 g/mol. The molecule has 0 radical (unpaired) electrons. The molecule has 4 aliphatic rings. The van der Waals surface area contributed by atoms with Gasteiger partial charge in [0, 0.05) is 38.8 Å². The summed E-state index contributed by atoms with van der Waals surface area (Å²) in [6, 6.07) is 0. The largest absolute Gasteiger partial charge is 0.381 e. The van der Waals surface area contributed by atoms with Crippen LogP contribution < -0.4 is 0 Å². The molecule has 4 fully saturated rings. The smallest absolute Gasteiger partial charge is 0.226 e. The van der Waals surface area contributed by atoms with Gasteiger partial charge in [0.2, 0.25) is 5.91 Å². The minimum absolute atomic E-state index is 0.00960. The van der Waals surface area contributed by atoms with Gasteiger partial charge in [0.25, 0.3) is 0 Å². The van der Waals surface area contributed by atoms with Gasteiger partial charge in [-0.05, 0) is 12.8 Å². The van der Waals surface area contributed by atoms with Gasteiger partial charge in [-0.3, -0.25) is 9.69 Å². The molecule has 4 aliphatic heterocycles. The zero-order valence-corrected chi connectivity index (χ0v) is 15.9. The Morgan fingerprint density at radius 2 is 1.69 bits per heavy atom. The number of ether oxygens (including phenoxy) is 3. The van der Waals surface area contributed by atoms with E-state index in [2.05, 4.69) is 4.90 Å². The van der Waals surface area contributed by atoms with Crippen LogP contribution in [-0.4, -0.2) is 106 Å². The van der Waals surface area contributed by atoms with E-state index in [0.717, 1.165) is 25.9 Å². The third kappa shape index (κ3) is 3.77. The molecule has 8 nitrogen and oxygen atoms in total. The summed E-state index contributed by atoms with van der Waals surface area (Å²) in [5, 5.41) is -0.480. The Hall–Kier alpha value is -0.740. The summed E-state index contributed by atoms with van der Waals surface area (Å²) in [6.07, 6.45) is 1.51. The van der Waals surface area contributed by atoms with Crippen molar-refractivity contribution in [3.63, 3.8) is 0 Å². The van der Waals surface area contributed by atoms with Gasteiger partial charge in [0.05, 0.1) is 43.9 Å². The standard InChI is InChI=1S/C17H28N2O6S/c20-16(14-1-5-23-6-2-14)19-11-17(12-19)13-26(21,22)15(10-25-17)9-18-3-7-24-8-4-18/h14-15H,1-13H2/t15-/m0/s1. The molecule has 9 heteroatoms. The molecule has 0 aromatic rings. The molecular formula is C17H28N2O6S. The topological polar surface area (TPSA) is 85.4 Å². The first kappa shape index (κ1) is 18.6. The Morgan fingerprint density at radius 1 is 1.04 bits per heavy atom. The van der Waals surface area contributed by atoms with Crippen molar-refractivity contribution >= 4 is 15.7 Å². The van der Waals surface area contributed by atoms with Crippen molar-refractivity contribution < 1.29 is 27.4 Å². The fourth-order valence-corrected chi connectivity index (χ4v) is 6.28. The number of hydrogen-bond donors (Lipinski definition) is 0. The maximum atomic E-state index is 12.8. The van der Waals surface area contributed by atoms with Gasteiger partial charge in [0.15, 0.2) is 9.84 Å². The highest BCUT2D eigenvalue weighted by atomic mass is 32.2. The second kappa shape index (κ2) is 7.35. The molecule has 0 saturated carbocycles. The molecule has 0 unspecified atom stereocenters. The zero-order valence-electron chi connectivity index (χ0n) is 15.1. The van der Waals surface area contributed by atoms with E-state index < -0.39 is 20.7 Å². The second-order valence-electron chi connectivity index (χ2n) is 7.92. The van der Waals surface area contributed by atoms with Crippen LogP contribution in [0.25, 0.3) is 0 Å². The summed E-state index contributed by atoms with van der Waals surface area (Å²) < 4.78 is 42.2. The zero-order chi connectivity index (χ0) is 18.2. The Labute approximate surface area is 154 Å². The second-order valence-corrected chi connectivity index (χ2v) is 10.2.